The van der Waals surface area contributed by atoms with Gasteiger partial charge >= 0.3 is 12.0 Å². The van der Waals surface area contributed by atoms with E-state index < -0.39 is 5.97 Å². The Morgan fingerprint density at radius 3 is 2.61 bits per heavy atom. The zero-order valence-electron chi connectivity index (χ0n) is 10.8. The van der Waals surface area contributed by atoms with E-state index in [2.05, 4.69) is 10.6 Å². The molecule has 1 aliphatic heterocycles. The smallest absolute Gasteiger partial charge is 0.315 e. The number of carbonyl (C=O) groups excluding carboxylic acids is 1. The van der Waals surface area contributed by atoms with Crippen LogP contribution in [-0.2, 0) is 9.53 Å². The van der Waals surface area contributed by atoms with E-state index in [1.54, 1.807) is 0 Å². The summed E-state index contributed by atoms with van der Waals surface area (Å²) in [6.45, 7) is 3.99. The molecule has 1 rings (SSSR count). The van der Waals surface area contributed by atoms with Gasteiger partial charge in [0.1, 0.15) is 0 Å². The molecule has 1 fully saturated rings. The lowest BCUT2D eigenvalue weighted by Crippen LogP contribution is -2.44. The first-order valence-electron chi connectivity index (χ1n) is 6.45. The molecular weight excluding hydrogens is 236 g/mol. The third-order valence-corrected chi connectivity index (χ3v) is 3.14. The summed E-state index contributed by atoms with van der Waals surface area (Å²) in [5.41, 5.74) is 0. The van der Waals surface area contributed by atoms with Crippen LogP contribution in [0.1, 0.15) is 32.6 Å². The Morgan fingerprint density at radius 2 is 2.06 bits per heavy atom. The van der Waals surface area contributed by atoms with Crippen LogP contribution in [0.4, 0.5) is 4.79 Å². The molecule has 1 atom stereocenters. The monoisotopic (exact) mass is 258 g/mol. The van der Waals surface area contributed by atoms with E-state index in [1.807, 2.05) is 6.92 Å². The SMILES string of the molecule is CCC(CC(=O)O)NC(=O)NCC1CCOCC1. The van der Waals surface area contributed by atoms with E-state index in [0.29, 0.717) is 18.9 Å². The van der Waals surface area contributed by atoms with Gasteiger partial charge < -0.3 is 20.5 Å². The summed E-state index contributed by atoms with van der Waals surface area (Å²) >= 11 is 0. The maximum atomic E-state index is 11.6. The van der Waals surface area contributed by atoms with Crippen molar-refractivity contribution in [2.75, 3.05) is 19.8 Å². The lowest BCUT2D eigenvalue weighted by Gasteiger charge is -2.23. The molecule has 1 heterocycles. The highest BCUT2D eigenvalue weighted by Gasteiger charge is 2.17. The summed E-state index contributed by atoms with van der Waals surface area (Å²) in [6.07, 6.45) is 2.50. The van der Waals surface area contributed by atoms with Crippen molar-refractivity contribution in [3.63, 3.8) is 0 Å². The van der Waals surface area contributed by atoms with E-state index in [1.165, 1.54) is 0 Å². The van der Waals surface area contributed by atoms with Gasteiger partial charge in [0.05, 0.1) is 6.42 Å². The van der Waals surface area contributed by atoms with Crippen molar-refractivity contribution in [1.29, 1.82) is 0 Å². The van der Waals surface area contributed by atoms with Gasteiger partial charge in [-0.1, -0.05) is 6.92 Å². The molecule has 0 spiro atoms. The van der Waals surface area contributed by atoms with E-state index in [-0.39, 0.29) is 18.5 Å². The highest BCUT2D eigenvalue weighted by molar-refractivity contribution is 5.75. The van der Waals surface area contributed by atoms with Crippen molar-refractivity contribution in [2.24, 2.45) is 5.92 Å². The van der Waals surface area contributed by atoms with Crippen molar-refractivity contribution in [2.45, 2.75) is 38.6 Å². The van der Waals surface area contributed by atoms with Crippen molar-refractivity contribution in [1.82, 2.24) is 10.6 Å². The Kier molecular flexibility index (Phi) is 6.49. The number of amides is 2. The fourth-order valence-electron chi connectivity index (χ4n) is 1.93. The van der Waals surface area contributed by atoms with Crippen LogP contribution in [0.2, 0.25) is 0 Å². The Bertz CT molecular complexity index is 277. The van der Waals surface area contributed by atoms with Crippen LogP contribution in [0.3, 0.4) is 0 Å². The first-order valence-corrected chi connectivity index (χ1v) is 6.45. The normalized spacial score (nSPS) is 18.1. The molecule has 0 aromatic carbocycles. The maximum absolute atomic E-state index is 11.6. The predicted octanol–water partition coefficient (Wildman–Crippen LogP) is 0.965. The lowest BCUT2D eigenvalue weighted by molar-refractivity contribution is -0.137. The number of carboxylic acid groups (broad SMARTS) is 1. The van der Waals surface area contributed by atoms with Crippen molar-refractivity contribution >= 4 is 12.0 Å². The molecule has 18 heavy (non-hydrogen) atoms. The number of rotatable bonds is 6. The fraction of sp³-hybridized carbons (Fsp3) is 0.833. The molecule has 6 heteroatoms. The van der Waals surface area contributed by atoms with Crippen LogP contribution in [0, 0.1) is 5.92 Å². The van der Waals surface area contributed by atoms with Gasteiger partial charge in [-0.2, -0.15) is 0 Å². The Morgan fingerprint density at radius 1 is 1.39 bits per heavy atom. The maximum Gasteiger partial charge on any atom is 0.315 e. The molecular formula is C12H22N2O4. The minimum Gasteiger partial charge on any atom is -0.481 e. The molecule has 1 saturated heterocycles. The molecule has 0 aromatic rings. The summed E-state index contributed by atoms with van der Waals surface area (Å²) in [6, 6.07) is -0.591. The average Bonchev–Trinajstić information content (AvgIpc) is 2.36. The Hall–Kier alpha value is -1.30. The summed E-state index contributed by atoms with van der Waals surface area (Å²) < 4.78 is 5.24. The molecule has 0 bridgehead atoms. The van der Waals surface area contributed by atoms with Gasteiger partial charge in [-0.05, 0) is 25.2 Å². The third-order valence-electron chi connectivity index (χ3n) is 3.14. The second kappa shape index (κ2) is 7.92. The number of nitrogens with one attached hydrogen (secondary N) is 2. The topological polar surface area (TPSA) is 87.7 Å². The Balaban J connectivity index is 2.20. The van der Waals surface area contributed by atoms with Gasteiger partial charge in [-0.25, -0.2) is 4.79 Å². The molecule has 3 N–H and O–H groups in total. The molecule has 0 saturated carbocycles. The van der Waals surface area contributed by atoms with Gasteiger partial charge in [-0.3, -0.25) is 4.79 Å². The number of hydrogen-bond donors (Lipinski definition) is 3. The first-order chi connectivity index (χ1) is 8.61. The third kappa shape index (κ3) is 5.86. The molecule has 2 amide bonds. The van der Waals surface area contributed by atoms with Gasteiger partial charge in [0, 0.05) is 25.8 Å². The van der Waals surface area contributed by atoms with E-state index >= 15 is 0 Å². The molecule has 0 aliphatic carbocycles. The van der Waals surface area contributed by atoms with Gasteiger partial charge in [0.15, 0.2) is 0 Å². The molecule has 0 radical (unpaired) electrons. The average molecular weight is 258 g/mol. The number of urea groups is 1. The zero-order valence-corrected chi connectivity index (χ0v) is 10.8. The quantitative estimate of drug-likeness (QED) is 0.662. The minimum atomic E-state index is -0.897. The van der Waals surface area contributed by atoms with Gasteiger partial charge in [0.25, 0.3) is 0 Å². The summed E-state index contributed by atoms with van der Waals surface area (Å²) in [5, 5.41) is 14.1. The second-order valence-corrected chi connectivity index (χ2v) is 4.61. The van der Waals surface area contributed by atoms with Crippen LogP contribution < -0.4 is 10.6 Å². The predicted molar refractivity (Wildman–Crippen MR) is 66.4 cm³/mol. The highest BCUT2D eigenvalue weighted by Crippen LogP contribution is 2.13. The number of ether oxygens (including phenoxy) is 1. The number of aliphatic carboxylic acids is 1. The summed E-state index contributed by atoms with van der Waals surface area (Å²) in [7, 11) is 0. The fourth-order valence-corrected chi connectivity index (χ4v) is 1.93. The van der Waals surface area contributed by atoms with Crippen molar-refractivity contribution in [3.05, 3.63) is 0 Å². The zero-order chi connectivity index (χ0) is 13.4. The first kappa shape index (κ1) is 14.8. The van der Waals surface area contributed by atoms with Gasteiger partial charge in [0.2, 0.25) is 0 Å². The van der Waals surface area contributed by atoms with E-state index in [9.17, 15) is 9.59 Å². The number of carbonyl (C=O) groups is 2. The standard InChI is InChI=1S/C12H22N2O4/c1-2-10(7-11(15)16)14-12(17)13-8-9-3-5-18-6-4-9/h9-10H,2-8H2,1H3,(H,15,16)(H2,13,14,17). The largest absolute Gasteiger partial charge is 0.481 e. The molecule has 104 valence electrons. The van der Waals surface area contributed by atoms with Crippen LogP contribution in [0.15, 0.2) is 0 Å². The Labute approximate surface area is 107 Å². The minimum absolute atomic E-state index is 0.0405. The van der Waals surface area contributed by atoms with Crippen LogP contribution in [0.5, 0.6) is 0 Å². The van der Waals surface area contributed by atoms with Crippen molar-refractivity contribution < 1.29 is 19.4 Å². The van der Waals surface area contributed by atoms with Crippen molar-refractivity contribution in [3.8, 4) is 0 Å². The van der Waals surface area contributed by atoms with Crippen LogP contribution in [-0.4, -0.2) is 42.9 Å². The lowest BCUT2D eigenvalue weighted by atomic mass is 10.0. The van der Waals surface area contributed by atoms with E-state index in [4.69, 9.17) is 9.84 Å². The summed E-state index contributed by atoms with van der Waals surface area (Å²) in [5.74, 6) is -0.435. The number of carboxylic acids is 1. The second-order valence-electron chi connectivity index (χ2n) is 4.61. The molecule has 0 aromatic heterocycles. The summed E-state index contributed by atoms with van der Waals surface area (Å²) in [4.78, 5) is 22.2. The highest BCUT2D eigenvalue weighted by atomic mass is 16.5. The molecule has 1 aliphatic rings. The molecule has 1 unspecified atom stereocenters. The van der Waals surface area contributed by atoms with Crippen LogP contribution in [0.25, 0.3) is 0 Å². The van der Waals surface area contributed by atoms with Crippen LogP contribution >= 0.6 is 0 Å². The van der Waals surface area contributed by atoms with Gasteiger partial charge in [-0.15, -0.1) is 0 Å². The van der Waals surface area contributed by atoms with E-state index in [0.717, 1.165) is 26.1 Å². The molecule has 6 nitrogen and oxygen atoms in total. The number of hydrogen-bond acceptors (Lipinski definition) is 3.